The van der Waals surface area contributed by atoms with Crippen LogP contribution in [0, 0.1) is 5.92 Å². The van der Waals surface area contributed by atoms with Crippen molar-refractivity contribution < 1.29 is 19.1 Å². The van der Waals surface area contributed by atoms with Crippen molar-refractivity contribution in [2.45, 2.75) is 45.3 Å². The molecular formula is C13H21NO4. The number of rotatable bonds is 2. The van der Waals surface area contributed by atoms with E-state index in [9.17, 15) is 9.59 Å². The third kappa shape index (κ3) is 4.77. The first-order valence-electron chi connectivity index (χ1n) is 6.06. The van der Waals surface area contributed by atoms with Gasteiger partial charge >= 0.3 is 12.1 Å². The fourth-order valence-electron chi connectivity index (χ4n) is 1.81. The Morgan fingerprint density at radius 3 is 2.56 bits per heavy atom. The van der Waals surface area contributed by atoms with Gasteiger partial charge in [0, 0.05) is 0 Å². The maximum atomic E-state index is 11.6. The summed E-state index contributed by atoms with van der Waals surface area (Å²) in [6, 6.07) is -0.183. The van der Waals surface area contributed by atoms with Crippen LogP contribution in [0.2, 0.25) is 0 Å². The maximum Gasteiger partial charge on any atom is 0.408 e. The van der Waals surface area contributed by atoms with Gasteiger partial charge in [-0.25, -0.2) is 4.79 Å². The number of carbonyl (C=O) groups is 2. The molecule has 2 atom stereocenters. The van der Waals surface area contributed by atoms with Crippen LogP contribution >= 0.6 is 0 Å². The van der Waals surface area contributed by atoms with Gasteiger partial charge in [0.25, 0.3) is 0 Å². The lowest BCUT2D eigenvalue weighted by Crippen LogP contribution is -2.41. The van der Waals surface area contributed by atoms with E-state index < -0.39 is 11.7 Å². The van der Waals surface area contributed by atoms with E-state index in [4.69, 9.17) is 9.47 Å². The van der Waals surface area contributed by atoms with Crippen molar-refractivity contribution >= 4 is 12.1 Å². The van der Waals surface area contributed by atoms with Gasteiger partial charge in [0.1, 0.15) is 5.60 Å². The second kappa shape index (κ2) is 5.89. The molecule has 0 heterocycles. The molecule has 0 saturated heterocycles. The Hall–Kier alpha value is -1.52. The summed E-state index contributed by atoms with van der Waals surface area (Å²) in [6.07, 6.45) is 4.49. The average Bonchev–Trinajstić information content (AvgIpc) is 2.25. The topological polar surface area (TPSA) is 64.6 Å². The second-order valence-electron chi connectivity index (χ2n) is 5.37. The van der Waals surface area contributed by atoms with Gasteiger partial charge in [-0.3, -0.25) is 4.79 Å². The quantitative estimate of drug-likeness (QED) is 0.605. The van der Waals surface area contributed by atoms with Gasteiger partial charge < -0.3 is 14.8 Å². The highest BCUT2D eigenvalue weighted by Crippen LogP contribution is 2.20. The number of alkyl carbamates (subject to hydrolysis) is 1. The molecule has 18 heavy (non-hydrogen) atoms. The van der Waals surface area contributed by atoms with Gasteiger partial charge in [-0.1, -0.05) is 12.2 Å². The fourth-order valence-corrected chi connectivity index (χ4v) is 1.81. The number of hydrogen-bond donors (Lipinski definition) is 1. The molecule has 102 valence electrons. The van der Waals surface area contributed by atoms with Gasteiger partial charge in [-0.15, -0.1) is 0 Å². The number of esters is 1. The minimum atomic E-state index is -0.524. The number of ether oxygens (including phenoxy) is 2. The summed E-state index contributed by atoms with van der Waals surface area (Å²) in [5.74, 6) is -0.435. The number of hydrogen-bond acceptors (Lipinski definition) is 4. The Balaban J connectivity index is 2.48. The molecule has 0 aromatic rings. The second-order valence-corrected chi connectivity index (χ2v) is 5.37. The summed E-state index contributed by atoms with van der Waals surface area (Å²) >= 11 is 0. The lowest BCUT2D eigenvalue weighted by atomic mass is 9.91. The summed E-state index contributed by atoms with van der Waals surface area (Å²) in [7, 11) is 1.37. The summed E-state index contributed by atoms with van der Waals surface area (Å²) in [5, 5.41) is 2.73. The van der Waals surface area contributed by atoms with E-state index >= 15 is 0 Å². The Bertz CT molecular complexity index is 343. The normalized spacial score (nSPS) is 23.3. The van der Waals surface area contributed by atoms with Crippen molar-refractivity contribution in [3.63, 3.8) is 0 Å². The van der Waals surface area contributed by atoms with Crippen LogP contribution < -0.4 is 5.32 Å². The third-order valence-electron chi connectivity index (χ3n) is 2.56. The molecule has 0 saturated carbocycles. The van der Waals surface area contributed by atoms with Crippen molar-refractivity contribution in [1.82, 2.24) is 5.32 Å². The van der Waals surface area contributed by atoms with Gasteiger partial charge in [0.05, 0.1) is 19.1 Å². The van der Waals surface area contributed by atoms with Crippen molar-refractivity contribution in [3.05, 3.63) is 12.2 Å². The Labute approximate surface area is 108 Å². The number of nitrogens with one attached hydrogen (secondary N) is 1. The van der Waals surface area contributed by atoms with Gasteiger partial charge in [0.15, 0.2) is 0 Å². The molecule has 1 aliphatic rings. The first-order chi connectivity index (χ1) is 8.31. The predicted octanol–water partition coefficient (Wildman–Crippen LogP) is 2.02. The van der Waals surface area contributed by atoms with E-state index in [0.29, 0.717) is 12.8 Å². The van der Waals surface area contributed by atoms with E-state index in [1.165, 1.54) is 7.11 Å². The van der Waals surface area contributed by atoms with Crippen LogP contribution in [0.15, 0.2) is 12.2 Å². The van der Waals surface area contributed by atoms with Gasteiger partial charge in [-0.05, 0) is 33.6 Å². The summed E-state index contributed by atoms with van der Waals surface area (Å²) in [6.45, 7) is 5.42. The summed E-state index contributed by atoms with van der Waals surface area (Å²) < 4.78 is 9.87. The van der Waals surface area contributed by atoms with Crippen molar-refractivity contribution in [1.29, 1.82) is 0 Å². The molecule has 0 fully saturated rings. The number of allylic oxidation sites excluding steroid dienone is 1. The zero-order valence-electron chi connectivity index (χ0n) is 11.4. The maximum absolute atomic E-state index is 11.6. The molecule has 0 spiro atoms. The highest BCUT2D eigenvalue weighted by atomic mass is 16.6. The van der Waals surface area contributed by atoms with Gasteiger partial charge in [0.2, 0.25) is 0 Å². The van der Waals surface area contributed by atoms with Crippen LogP contribution in [0.3, 0.4) is 0 Å². The average molecular weight is 255 g/mol. The Morgan fingerprint density at radius 2 is 2.00 bits per heavy atom. The van der Waals surface area contributed by atoms with E-state index in [0.717, 1.165) is 0 Å². The number of methoxy groups -OCH3 is 1. The standard InChI is InChI=1S/C13H21NO4/c1-13(2,3)18-12(16)14-10-7-5-6-9(8-10)11(15)17-4/h5,7,9-10H,6,8H2,1-4H3,(H,14,16)/t9-,10-/m0/s1. The molecule has 5 nitrogen and oxygen atoms in total. The van der Waals surface area contributed by atoms with Crippen LogP contribution in [0.4, 0.5) is 4.79 Å². The van der Waals surface area contributed by atoms with E-state index in [2.05, 4.69) is 5.32 Å². The van der Waals surface area contributed by atoms with Crippen molar-refractivity contribution in [2.75, 3.05) is 7.11 Å². The third-order valence-corrected chi connectivity index (χ3v) is 2.56. The number of amides is 1. The highest BCUT2D eigenvalue weighted by molar-refractivity contribution is 5.73. The lowest BCUT2D eigenvalue weighted by Gasteiger charge is -2.26. The van der Waals surface area contributed by atoms with Crippen LogP contribution in [0.5, 0.6) is 0 Å². The molecule has 0 radical (unpaired) electrons. The first kappa shape index (κ1) is 14.5. The fraction of sp³-hybridized carbons (Fsp3) is 0.692. The molecule has 0 aromatic heterocycles. The van der Waals surface area contributed by atoms with Crippen LogP contribution in [-0.2, 0) is 14.3 Å². The molecule has 0 bridgehead atoms. The minimum absolute atomic E-state index is 0.183. The molecule has 0 aliphatic heterocycles. The molecule has 1 N–H and O–H groups in total. The van der Waals surface area contributed by atoms with Crippen LogP contribution in [-0.4, -0.2) is 30.8 Å². The summed E-state index contributed by atoms with van der Waals surface area (Å²) in [5.41, 5.74) is -0.524. The Kier molecular flexibility index (Phi) is 4.76. The molecule has 1 aliphatic carbocycles. The molecule has 0 unspecified atom stereocenters. The van der Waals surface area contributed by atoms with E-state index in [1.807, 2.05) is 12.2 Å². The largest absolute Gasteiger partial charge is 0.469 e. The molecule has 0 aromatic carbocycles. The van der Waals surface area contributed by atoms with E-state index in [-0.39, 0.29) is 17.9 Å². The molecule has 1 rings (SSSR count). The van der Waals surface area contributed by atoms with Crippen molar-refractivity contribution in [3.8, 4) is 0 Å². The molecule has 1 amide bonds. The molecular weight excluding hydrogens is 234 g/mol. The minimum Gasteiger partial charge on any atom is -0.469 e. The first-order valence-corrected chi connectivity index (χ1v) is 6.06. The SMILES string of the molecule is COC(=O)[C@H]1CC=C[C@H](NC(=O)OC(C)(C)C)C1. The predicted molar refractivity (Wildman–Crippen MR) is 67.0 cm³/mol. The zero-order chi connectivity index (χ0) is 13.8. The highest BCUT2D eigenvalue weighted by Gasteiger charge is 2.26. The van der Waals surface area contributed by atoms with Crippen LogP contribution in [0.25, 0.3) is 0 Å². The summed E-state index contributed by atoms with van der Waals surface area (Å²) in [4.78, 5) is 23.0. The number of carbonyl (C=O) groups excluding carboxylic acids is 2. The monoisotopic (exact) mass is 255 g/mol. The van der Waals surface area contributed by atoms with Crippen molar-refractivity contribution in [2.24, 2.45) is 5.92 Å². The molecule has 5 heteroatoms. The lowest BCUT2D eigenvalue weighted by molar-refractivity contribution is -0.145. The smallest absolute Gasteiger partial charge is 0.408 e. The Morgan fingerprint density at radius 1 is 1.33 bits per heavy atom. The zero-order valence-corrected chi connectivity index (χ0v) is 11.4. The van der Waals surface area contributed by atoms with Gasteiger partial charge in [-0.2, -0.15) is 0 Å². The van der Waals surface area contributed by atoms with Crippen LogP contribution in [0.1, 0.15) is 33.6 Å². The van der Waals surface area contributed by atoms with E-state index in [1.54, 1.807) is 20.8 Å².